The number of benzene rings is 1. The maximum absolute atomic E-state index is 4.40. The van der Waals surface area contributed by atoms with Gasteiger partial charge in [0, 0.05) is 23.4 Å². The Balaban J connectivity index is 1.93. The molecule has 1 aromatic heterocycles. The maximum atomic E-state index is 4.40. The van der Waals surface area contributed by atoms with Gasteiger partial charge in [-0.25, -0.2) is 4.98 Å². The Morgan fingerprint density at radius 1 is 1.05 bits per heavy atom. The Morgan fingerprint density at radius 3 is 2.29 bits per heavy atom. The van der Waals surface area contributed by atoms with Crippen molar-refractivity contribution in [2.75, 3.05) is 11.9 Å². The Labute approximate surface area is 132 Å². The molecule has 1 N–H and O–H groups in total. The van der Waals surface area contributed by atoms with Crippen LogP contribution in [-0.4, -0.2) is 11.5 Å². The van der Waals surface area contributed by atoms with E-state index >= 15 is 0 Å². The summed E-state index contributed by atoms with van der Waals surface area (Å²) < 4.78 is 0. The lowest BCUT2D eigenvalue weighted by molar-refractivity contribution is 0.590. The van der Waals surface area contributed by atoms with Gasteiger partial charge in [0.15, 0.2) is 0 Å². The standard InChI is InChI=1S/C18H24N2S/c1-5-19-17-11-6-14(12-20-17)13-21-16-9-7-15(8-10-16)18(2,3)4/h6-12H,5,13H2,1-4H3,(H,19,20). The molecular formula is C18H24N2S. The normalized spacial score (nSPS) is 11.4. The van der Waals surface area contributed by atoms with Gasteiger partial charge in [-0.1, -0.05) is 39.0 Å². The molecule has 2 aromatic rings. The number of anilines is 1. The molecule has 0 bridgehead atoms. The quantitative estimate of drug-likeness (QED) is 0.777. The lowest BCUT2D eigenvalue weighted by atomic mass is 9.87. The van der Waals surface area contributed by atoms with Crippen LogP contribution in [0.3, 0.4) is 0 Å². The van der Waals surface area contributed by atoms with Gasteiger partial charge in [0.25, 0.3) is 0 Å². The summed E-state index contributed by atoms with van der Waals surface area (Å²) in [6.45, 7) is 9.71. The highest BCUT2D eigenvalue weighted by atomic mass is 32.2. The highest BCUT2D eigenvalue weighted by molar-refractivity contribution is 7.98. The molecule has 2 rings (SSSR count). The van der Waals surface area contributed by atoms with E-state index in [0.29, 0.717) is 0 Å². The van der Waals surface area contributed by atoms with Crippen LogP contribution in [0.25, 0.3) is 0 Å². The molecule has 1 heterocycles. The fourth-order valence-electron chi connectivity index (χ4n) is 2.01. The van der Waals surface area contributed by atoms with Crippen LogP contribution in [0.4, 0.5) is 5.82 Å². The van der Waals surface area contributed by atoms with E-state index in [0.717, 1.165) is 18.1 Å². The first-order valence-electron chi connectivity index (χ1n) is 7.41. The molecule has 0 fully saturated rings. The molecule has 0 unspecified atom stereocenters. The summed E-state index contributed by atoms with van der Waals surface area (Å²) >= 11 is 1.85. The largest absolute Gasteiger partial charge is 0.370 e. The van der Waals surface area contributed by atoms with E-state index in [1.165, 1.54) is 16.0 Å². The molecule has 0 aliphatic heterocycles. The van der Waals surface area contributed by atoms with Gasteiger partial charge in [0.1, 0.15) is 5.82 Å². The lowest BCUT2D eigenvalue weighted by Gasteiger charge is -2.19. The molecule has 0 saturated heterocycles. The van der Waals surface area contributed by atoms with Crippen molar-refractivity contribution in [1.82, 2.24) is 4.98 Å². The molecule has 0 amide bonds. The zero-order valence-corrected chi connectivity index (χ0v) is 14.1. The van der Waals surface area contributed by atoms with E-state index in [1.807, 2.05) is 24.0 Å². The molecule has 21 heavy (non-hydrogen) atoms. The molecule has 0 aliphatic carbocycles. The summed E-state index contributed by atoms with van der Waals surface area (Å²) in [5.41, 5.74) is 2.85. The smallest absolute Gasteiger partial charge is 0.125 e. The molecule has 3 heteroatoms. The van der Waals surface area contributed by atoms with Crippen molar-refractivity contribution >= 4 is 17.6 Å². The van der Waals surface area contributed by atoms with E-state index in [2.05, 4.69) is 68.3 Å². The van der Waals surface area contributed by atoms with Crippen molar-refractivity contribution in [3.8, 4) is 0 Å². The summed E-state index contributed by atoms with van der Waals surface area (Å²) in [5.74, 6) is 1.90. The first kappa shape index (κ1) is 15.9. The van der Waals surface area contributed by atoms with Crippen molar-refractivity contribution in [3.05, 3.63) is 53.7 Å². The average Bonchev–Trinajstić information content (AvgIpc) is 2.46. The molecule has 0 spiro atoms. The average molecular weight is 300 g/mol. The van der Waals surface area contributed by atoms with E-state index < -0.39 is 0 Å². The van der Waals surface area contributed by atoms with Crippen molar-refractivity contribution in [3.63, 3.8) is 0 Å². The van der Waals surface area contributed by atoms with Gasteiger partial charge in [0.2, 0.25) is 0 Å². The summed E-state index contributed by atoms with van der Waals surface area (Å²) in [6, 6.07) is 13.1. The van der Waals surface area contributed by atoms with Gasteiger partial charge in [-0.3, -0.25) is 0 Å². The number of hydrogen-bond donors (Lipinski definition) is 1. The zero-order valence-electron chi connectivity index (χ0n) is 13.3. The Morgan fingerprint density at radius 2 is 1.76 bits per heavy atom. The molecule has 0 atom stereocenters. The summed E-state index contributed by atoms with van der Waals surface area (Å²) in [4.78, 5) is 5.71. The van der Waals surface area contributed by atoms with Crippen molar-refractivity contribution in [2.45, 2.75) is 43.8 Å². The highest BCUT2D eigenvalue weighted by Gasteiger charge is 2.12. The van der Waals surface area contributed by atoms with Crippen LogP contribution in [0.2, 0.25) is 0 Å². The summed E-state index contributed by atoms with van der Waals surface area (Å²) in [6.07, 6.45) is 1.95. The Kier molecular flexibility index (Phi) is 5.29. The second kappa shape index (κ2) is 6.99. The molecule has 0 radical (unpaired) electrons. The fraction of sp³-hybridized carbons (Fsp3) is 0.389. The number of thioether (sulfide) groups is 1. The van der Waals surface area contributed by atoms with Crippen LogP contribution in [0, 0.1) is 0 Å². The third-order valence-corrected chi connectivity index (χ3v) is 4.39. The minimum absolute atomic E-state index is 0.217. The summed E-state index contributed by atoms with van der Waals surface area (Å²) in [7, 11) is 0. The van der Waals surface area contributed by atoms with E-state index in [9.17, 15) is 0 Å². The van der Waals surface area contributed by atoms with E-state index in [-0.39, 0.29) is 5.41 Å². The SMILES string of the molecule is CCNc1ccc(CSc2ccc(C(C)(C)C)cc2)cn1. The lowest BCUT2D eigenvalue weighted by Crippen LogP contribution is -2.10. The second-order valence-corrected chi connectivity index (χ2v) is 7.19. The predicted molar refractivity (Wildman–Crippen MR) is 93.1 cm³/mol. The second-order valence-electron chi connectivity index (χ2n) is 6.15. The topological polar surface area (TPSA) is 24.9 Å². The monoisotopic (exact) mass is 300 g/mol. The number of hydrogen-bond acceptors (Lipinski definition) is 3. The van der Waals surface area contributed by atoms with Crippen molar-refractivity contribution in [1.29, 1.82) is 0 Å². The Bertz CT molecular complexity index is 553. The zero-order chi connectivity index (χ0) is 15.3. The molecule has 1 aromatic carbocycles. The third kappa shape index (κ3) is 4.78. The van der Waals surface area contributed by atoms with Gasteiger partial charge >= 0.3 is 0 Å². The van der Waals surface area contributed by atoms with Gasteiger partial charge < -0.3 is 5.32 Å². The van der Waals surface area contributed by atoms with E-state index in [1.54, 1.807) is 0 Å². The van der Waals surface area contributed by atoms with Crippen LogP contribution in [0.15, 0.2) is 47.5 Å². The molecular weight excluding hydrogens is 276 g/mol. The number of rotatable bonds is 5. The van der Waals surface area contributed by atoms with Crippen LogP contribution in [0.5, 0.6) is 0 Å². The van der Waals surface area contributed by atoms with E-state index in [4.69, 9.17) is 0 Å². The highest BCUT2D eigenvalue weighted by Crippen LogP contribution is 2.27. The van der Waals surface area contributed by atoms with Gasteiger partial charge in [-0.05, 0) is 41.7 Å². The number of nitrogens with one attached hydrogen (secondary N) is 1. The van der Waals surface area contributed by atoms with Crippen molar-refractivity contribution in [2.24, 2.45) is 0 Å². The number of aromatic nitrogens is 1. The Hall–Kier alpha value is -1.48. The van der Waals surface area contributed by atoms with Crippen molar-refractivity contribution < 1.29 is 0 Å². The van der Waals surface area contributed by atoms with Gasteiger partial charge in [-0.15, -0.1) is 11.8 Å². The molecule has 0 aliphatic rings. The maximum Gasteiger partial charge on any atom is 0.125 e. The number of nitrogens with zero attached hydrogens (tertiary/aromatic N) is 1. The molecule has 0 saturated carbocycles. The molecule has 112 valence electrons. The van der Waals surface area contributed by atoms with Crippen LogP contribution in [-0.2, 0) is 11.2 Å². The first-order chi connectivity index (χ1) is 9.99. The van der Waals surface area contributed by atoms with Crippen LogP contribution >= 0.6 is 11.8 Å². The van der Waals surface area contributed by atoms with Gasteiger partial charge in [-0.2, -0.15) is 0 Å². The minimum Gasteiger partial charge on any atom is -0.370 e. The summed E-state index contributed by atoms with van der Waals surface area (Å²) in [5, 5.41) is 3.21. The minimum atomic E-state index is 0.217. The predicted octanol–water partition coefficient (Wildman–Crippen LogP) is 5.10. The fourth-order valence-corrected chi connectivity index (χ4v) is 2.85. The van der Waals surface area contributed by atoms with Gasteiger partial charge in [0.05, 0.1) is 0 Å². The molecule has 2 nitrogen and oxygen atoms in total. The third-order valence-electron chi connectivity index (χ3n) is 3.31. The van der Waals surface area contributed by atoms with Crippen LogP contribution < -0.4 is 5.32 Å². The first-order valence-corrected chi connectivity index (χ1v) is 8.40. The number of pyridine rings is 1. The van der Waals surface area contributed by atoms with Crippen LogP contribution in [0.1, 0.15) is 38.8 Å².